The van der Waals surface area contributed by atoms with E-state index in [1.807, 2.05) is 0 Å². The van der Waals surface area contributed by atoms with Gasteiger partial charge < -0.3 is 4.74 Å². The van der Waals surface area contributed by atoms with Gasteiger partial charge in [0.25, 0.3) is 0 Å². The molecule has 8 heteroatoms. The standard InChI is InChI=1S/C11H14N2O4S2/c1-4-17-11(14)9-5-7(2)18-10(9)13-19(15,16)8(3)6-12/h5,8,13H,4H2,1-3H3. The van der Waals surface area contributed by atoms with Gasteiger partial charge in [-0.2, -0.15) is 5.26 Å². The van der Waals surface area contributed by atoms with Crippen molar-refractivity contribution in [3.8, 4) is 6.07 Å². The fraction of sp³-hybridized carbons (Fsp3) is 0.455. The Labute approximate surface area is 116 Å². The highest BCUT2D eigenvalue weighted by Crippen LogP contribution is 2.29. The monoisotopic (exact) mass is 302 g/mol. The first-order chi connectivity index (χ1) is 8.81. The predicted octanol–water partition coefficient (Wildman–Crippen LogP) is 1.89. The zero-order valence-electron chi connectivity index (χ0n) is 10.8. The summed E-state index contributed by atoms with van der Waals surface area (Å²) in [5.41, 5.74) is 0.165. The number of esters is 1. The molecule has 0 spiro atoms. The van der Waals surface area contributed by atoms with Gasteiger partial charge in [-0.15, -0.1) is 11.3 Å². The minimum atomic E-state index is -3.83. The van der Waals surface area contributed by atoms with Crippen molar-refractivity contribution in [3.05, 3.63) is 16.5 Å². The van der Waals surface area contributed by atoms with Gasteiger partial charge in [0.2, 0.25) is 10.0 Å². The zero-order chi connectivity index (χ0) is 14.6. The Morgan fingerprint density at radius 1 is 1.63 bits per heavy atom. The maximum Gasteiger partial charge on any atom is 0.341 e. The number of nitrogens with zero attached hydrogens (tertiary/aromatic N) is 1. The highest BCUT2D eigenvalue weighted by atomic mass is 32.2. The molecular formula is C11H14N2O4S2. The summed E-state index contributed by atoms with van der Waals surface area (Å²) < 4.78 is 30.7. The molecule has 1 atom stereocenters. The Bertz CT molecular complexity index is 613. The average molecular weight is 302 g/mol. The molecule has 19 heavy (non-hydrogen) atoms. The highest BCUT2D eigenvalue weighted by molar-refractivity contribution is 7.93. The number of nitrogens with one attached hydrogen (secondary N) is 1. The summed E-state index contributed by atoms with van der Waals surface area (Å²) in [5.74, 6) is -0.589. The molecule has 6 nitrogen and oxygen atoms in total. The van der Waals surface area contributed by atoms with Gasteiger partial charge in [-0.1, -0.05) is 0 Å². The van der Waals surface area contributed by atoms with E-state index in [1.165, 1.54) is 6.92 Å². The maximum absolute atomic E-state index is 11.8. The van der Waals surface area contributed by atoms with Crippen LogP contribution in [0.5, 0.6) is 0 Å². The summed E-state index contributed by atoms with van der Waals surface area (Å²) in [7, 11) is -3.83. The summed E-state index contributed by atoms with van der Waals surface area (Å²) in [6.07, 6.45) is 0. The molecule has 0 amide bonds. The van der Waals surface area contributed by atoms with Gasteiger partial charge >= 0.3 is 5.97 Å². The Hall–Kier alpha value is -1.59. The molecule has 0 radical (unpaired) electrons. The second kappa shape index (κ2) is 6.04. The van der Waals surface area contributed by atoms with E-state index >= 15 is 0 Å². The van der Waals surface area contributed by atoms with Crippen LogP contribution in [0, 0.1) is 18.3 Å². The van der Waals surface area contributed by atoms with Crippen LogP contribution in [-0.4, -0.2) is 26.2 Å². The quantitative estimate of drug-likeness (QED) is 0.838. The highest BCUT2D eigenvalue weighted by Gasteiger charge is 2.24. The molecule has 1 aromatic heterocycles. The van der Waals surface area contributed by atoms with Gasteiger partial charge in [-0.3, -0.25) is 4.72 Å². The normalized spacial score (nSPS) is 12.5. The lowest BCUT2D eigenvalue weighted by atomic mass is 10.3. The van der Waals surface area contributed by atoms with Crippen LogP contribution in [0.1, 0.15) is 29.1 Å². The second-order valence-electron chi connectivity index (χ2n) is 3.74. The summed E-state index contributed by atoms with van der Waals surface area (Å²) in [6.45, 7) is 4.89. The first-order valence-electron chi connectivity index (χ1n) is 5.50. The molecule has 0 saturated carbocycles. The van der Waals surface area contributed by atoms with Crippen molar-refractivity contribution < 1.29 is 17.9 Å². The lowest BCUT2D eigenvalue weighted by molar-refractivity contribution is 0.0528. The maximum atomic E-state index is 11.8. The summed E-state index contributed by atoms with van der Waals surface area (Å²) >= 11 is 1.12. The van der Waals surface area contributed by atoms with Gasteiger partial charge in [0.1, 0.15) is 5.00 Å². The second-order valence-corrected chi connectivity index (χ2v) is 7.00. The number of carbonyl (C=O) groups is 1. The number of thiophene rings is 1. The number of anilines is 1. The molecule has 1 N–H and O–H groups in total. The summed E-state index contributed by atoms with van der Waals surface area (Å²) in [6, 6.07) is 3.20. The SMILES string of the molecule is CCOC(=O)c1cc(C)sc1NS(=O)(=O)C(C)C#N. The number of sulfonamides is 1. The van der Waals surface area contributed by atoms with E-state index in [-0.39, 0.29) is 17.2 Å². The molecule has 1 rings (SSSR count). The third kappa shape index (κ3) is 3.68. The van der Waals surface area contributed by atoms with E-state index in [0.29, 0.717) is 0 Å². The van der Waals surface area contributed by atoms with Crippen LogP contribution in [0.3, 0.4) is 0 Å². The van der Waals surface area contributed by atoms with Crippen LogP contribution in [0.4, 0.5) is 5.00 Å². The van der Waals surface area contributed by atoms with E-state index in [2.05, 4.69) is 4.72 Å². The van der Waals surface area contributed by atoms with Gasteiger partial charge in [0.15, 0.2) is 5.25 Å². The third-order valence-electron chi connectivity index (χ3n) is 2.23. The zero-order valence-corrected chi connectivity index (χ0v) is 12.4. The molecule has 1 unspecified atom stereocenters. The van der Waals surface area contributed by atoms with Crippen molar-refractivity contribution in [2.24, 2.45) is 0 Å². The molecule has 0 aliphatic carbocycles. The van der Waals surface area contributed by atoms with Crippen LogP contribution in [0.25, 0.3) is 0 Å². The molecule has 0 fully saturated rings. The molecule has 1 heterocycles. The molecule has 0 saturated heterocycles. The molecule has 0 bridgehead atoms. The van der Waals surface area contributed by atoms with Crippen molar-refractivity contribution >= 4 is 32.3 Å². The van der Waals surface area contributed by atoms with Crippen LogP contribution in [-0.2, 0) is 14.8 Å². The number of carbonyl (C=O) groups excluding carboxylic acids is 1. The van der Waals surface area contributed by atoms with E-state index in [1.54, 1.807) is 26.0 Å². The minimum absolute atomic E-state index is 0.165. The van der Waals surface area contributed by atoms with Crippen LogP contribution in [0.2, 0.25) is 0 Å². The van der Waals surface area contributed by atoms with E-state index in [4.69, 9.17) is 10.00 Å². The number of ether oxygens (including phenoxy) is 1. The Morgan fingerprint density at radius 2 is 2.26 bits per heavy atom. The van der Waals surface area contributed by atoms with Crippen molar-refractivity contribution in [2.75, 3.05) is 11.3 Å². The number of aryl methyl sites for hydroxylation is 1. The summed E-state index contributed by atoms with van der Waals surface area (Å²) in [5, 5.41) is 7.63. The Kier molecular flexibility index (Phi) is 4.91. The van der Waals surface area contributed by atoms with Gasteiger partial charge in [-0.25, -0.2) is 13.2 Å². The van der Waals surface area contributed by atoms with Crippen LogP contribution < -0.4 is 4.72 Å². The Balaban J connectivity index is 3.09. The number of rotatable bonds is 5. The number of nitriles is 1. The fourth-order valence-corrected chi connectivity index (χ4v) is 3.19. The predicted molar refractivity (Wildman–Crippen MR) is 72.6 cm³/mol. The fourth-order valence-electron chi connectivity index (χ4n) is 1.24. The molecule has 0 aliphatic heterocycles. The molecular weight excluding hydrogens is 288 g/mol. The first kappa shape index (κ1) is 15.5. The van der Waals surface area contributed by atoms with E-state index in [0.717, 1.165) is 16.2 Å². The molecule has 1 aromatic rings. The largest absolute Gasteiger partial charge is 0.462 e. The van der Waals surface area contributed by atoms with Crippen molar-refractivity contribution in [1.82, 2.24) is 0 Å². The number of hydrogen-bond donors (Lipinski definition) is 1. The van der Waals surface area contributed by atoms with E-state index in [9.17, 15) is 13.2 Å². The Morgan fingerprint density at radius 3 is 2.79 bits per heavy atom. The van der Waals surface area contributed by atoms with Crippen molar-refractivity contribution in [2.45, 2.75) is 26.0 Å². The average Bonchev–Trinajstić information content (AvgIpc) is 2.68. The van der Waals surface area contributed by atoms with Crippen LogP contribution >= 0.6 is 11.3 Å². The van der Waals surface area contributed by atoms with Gasteiger partial charge in [0, 0.05) is 4.88 Å². The van der Waals surface area contributed by atoms with Crippen molar-refractivity contribution in [1.29, 1.82) is 5.26 Å². The smallest absolute Gasteiger partial charge is 0.341 e. The van der Waals surface area contributed by atoms with Crippen LogP contribution in [0.15, 0.2) is 6.07 Å². The van der Waals surface area contributed by atoms with E-state index < -0.39 is 21.2 Å². The lowest BCUT2D eigenvalue weighted by Crippen LogP contribution is -2.24. The minimum Gasteiger partial charge on any atom is -0.462 e. The van der Waals surface area contributed by atoms with Gasteiger partial charge in [-0.05, 0) is 26.8 Å². The molecule has 0 aliphatic rings. The number of hydrogen-bond acceptors (Lipinski definition) is 6. The molecule has 0 aromatic carbocycles. The van der Waals surface area contributed by atoms with Gasteiger partial charge in [0.05, 0.1) is 18.2 Å². The third-order valence-corrected chi connectivity index (χ3v) is 4.85. The first-order valence-corrected chi connectivity index (χ1v) is 7.87. The summed E-state index contributed by atoms with van der Waals surface area (Å²) in [4.78, 5) is 12.5. The topological polar surface area (TPSA) is 96.3 Å². The molecule has 104 valence electrons. The lowest BCUT2D eigenvalue weighted by Gasteiger charge is -2.09. The van der Waals surface area contributed by atoms with Crippen molar-refractivity contribution in [3.63, 3.8) is 0 Å².